The predicted molar refractivity (Wildman–Crippen MR) is 112 cm³/mol. The molecule has 1 N–H and O–H groups in total. The Kier molecular flexibility index (Phi) is 4.28. The zero-order valence-electron chi connectivity index (χ0n) is 16.8. The number of aryl methyl sites for hydroxylation is 2. The molecule has 148 valence electrons. The van der Waals surface area contributed by atoms with Crippen LogP contribution in [0.1, 0.15) is 12.6 Å². The number of nitrogens with one attached hydrogen (secondary N) is 1. The Hall–Kier alpha value is -3.26. The van der Waals surface area contributed by atoms with Gasteiger partial charge in [0.15, 0.2) is 0 Å². The summed E-state index contributed by atoms with van der Waals surface area (Å²) in [4.78, 5) is 12.1. The van der Waals surface area contributed by atoms with Crippen LogP contribution in [0.25, 0.3) is 33.7 Å². The van der Waals surface area contributed by atoms with E-state index >= 15 is 0 Å². The highest BCUT2D eigenvalue weighted by molar-refractivity contribution is 5.99. The third-order valence-electron chi connectivity index (χ3n) is 5.36. The van der Waals surface area contributed by atoms with E-state index in [4.69, 9.17) is 19.8 Å². The van der Waals surface area contributed by atoms with Crippen LogP contribution in [0.15, 0.2) is 36.5 Å². The van der Waals surface area contributed by atoms with Crippen molar-refractivity contribution in [3.63, 3.8) is 0 Å². The van der Waals surface area contributed by atoms with Crippen LogP contribution in [0.4, 0.5) is 5.82 Å². The molecule has 0 aromatic carbocycles. The normalized spacial score (nSPS) is 17.2. The van der Waals surface area contributed by atoms with Crippen molar-refractivity contribution < 1.29 is 4.74 Å². The highest BCUT2D eigenvalue weighted by atomic mass is 16.5. The van der Waals surface area contributed by atoms with Gasteiger partial charge in [0.05, 0.1) is 36.2 Å². The molecule has 0 spiro atoms. The van der Waals surface area contributed by atoms with Gasteiger partial charge in [-0.15, -0.1) is 0 Å². The lowest BCUT2D eigenvalue weighted by molar-refractivity contribution is 0.0986. The Morgan fingerprint density at radius 1 is 1.21 bits per heavy atom. The zero-order valence-corrected chi connectivity index (χ0v) is 16.8. The number of fused-ring (bicyclic) bond motifs is 1. The van der Waals surface area contributed by atoms with Crippen LogP contribution in [-0.2, 0) is 11.8 Å². The van der Waals surface area contributed by atoms with Gasteiger partial charge in [0, 0.05) is 31.0 Å². The summed E-state index contributed by atoms with van der Waals surface area (Å²) >= 11 is 0. The van der Waals surface area contributed by atoms with Crippen molar-refractivity contribution in [1.82, 2.24) is 29.9 Å². The fourth-order valence-electron chi connectivity index (χ4n) is 3.94. The first-order chi connectivity index (χ1) is 14.1. The molecule has 0 amide bonds. The molecule has 5 heterocycles. The maximum Gasteiger partial charge on any atom is 0.136 e. The van der Waals surface area contributed by atoms with E-state index in [1.807, 2.05) is 42.9 Å². The molecule has 1 aliphatic rings. The van der Waals surface area contributed by atoms with Crippen LogP contribution in [-0.4, -0.2) is 55.7 Å². The Morgan fingerprint density at radius 3 is 2.86 bits per heavy atom. The number of aromatic nitrogens is 6. The average Bonchev–Trinajstić information content (AvgIpc) is 3.36. The first kappa shape index (κ1) is 17.8. The predicted octanol–water partition coefficient (Wildman–Crippen LogP) is 2.95. The summed E-state index contributed by atoms with van der Waals surface area (Å²) in [5.74, 6) is 0.917. The van der Waals surface area contributed by atoms with Gasteiger partial charge in [0.1, 0.15) is 17.0 Å². The summed E-state index contributed by atoms with van der Waals surface area (Å²) in [6, 6.07) is 10.4. The van der Waals surface area contributed by atoms with E-state index in [-0.39, 0.29) is 6.04 Å². The quantitative estimate of drug-likeness (QED) is 0.580. The van der Waals surface area contributed by atoms with Crippen molar-refractivity contribution in [2.75, 3.05) is 24.7 Å². The molecule has 4 aromatic rings. The SMILES string of the molecule is Cc1cccc(-c2cc(N3CCOCC3C)nc3c(-c4ccn[nH]4)nn(C)c23)n1. The van der Waals surface area contributed by atoms with Crippen molar-refractivity contribution in [3.05, 3.63) is 42.2 Å². The third kappa shape index (κ3) is 3.05. The molecular weight excluding hydrogens is 366 g/mol. The number of nitrogens with zero attached hydrogens (tertiary/aromatic N) is 6. The Morgan fingerprint density at radius 2 is 2.10 bits per heavy atom. The number of hydrogen-bond acceptors (Lipinski definition) is 6. The van der Waals surface area contributed by atoms with Gasteiger partial charge in [-0.1, -0.05) is 6.07 Å². The Bertz CT molecular complexity index is 1170. The lowest BCUT2D eigenvalue weighted by atomic mass is 10.1. The molecule has 1 aliphatic heterocycles. The molecule has 1 atom stereocenters. The van der Waals surface area contributed by atoms with Gasteiger partial charge < -0.3 is 9.64 Å². The van der Waals surface area contributed by atoms with Crippen molar-refractivity contribution in [3.8, 4) is 22.6 Å². The minimum absolute atomic E-state index is 0.249. The second kappa shape index (κ2) is 6.97. The second-order valence-electron chi connectivity index (χ2n) is 7.45. The van der Waals surface area contributed by atoms with Crippen LogP contribution < -0.4 is 4.90 Å². The molecular formula is C21H23N7O. The first-order valence-electron chi connectivity index (χ1n) is 9.78. The highest BCUT2D eigenvalue weighted by Crippen LogP contribution is 2.35. The summed E-state index contributed by atoms with van der Waals surface area (Å²) < 4.78 is 7.51. The molecule has 1 unspecified atom stereocenters. The van der Waals surface area contributed by atoms with Gasteiger partial charge >= 0.3 is 0 Å². The topological polar surface area (TPSA) is 84.8 Å². The van der Waals surface area contributed by atoms with E-state index in [0.717, 1.165) is 51.7 Å². The van der Waals surface area contributed by atoms with E-state index < -0.39 is 0 Å². The minimum Gasteiger partial charge on any atom is -0.377 e. The van der Waals surface area contributed by atoms with Gasteiger partial charge in [0.2, 0.25) is 0 Å². The molecule has 0 radical (unpaired) electrons. The molecule has 8 heteroatoms. The number of rotatable bonds is 3. The van der Waals surface area contributed by atoms with Crippen molar-refractivity contribution in [1.29, 1.82) is 0 Å². The van der Waals surface area contributed by atoms with E-state index in [2.05, 4.69) is 28.1 Å². The van der Waals surface area contributed by atoms with Gasteiger partial charge in [-0.05, 0) is 38.1 Å². The summed E-state index contributed by atoms with van der Waals surface area (Å²) in [6.45, 7) is 6.36. The van der Waals surface area contributed by atoms with E-state index in [0.29, 0.717) is 13.2 Å². The molecule has 4 aromatic heterocycles. The number of pyridine rings is 2. The third-order valence-corrected chi connectivity index (χ3v) is 5.36. The second-order valence-corrected chi connectivity index (χ2v) is 7.45. The van der Waals surface area contributed by atoms with Gasteiger partial charge in [-0.2, -0.15) is 10.2 Å². The summed E-state index contributed by atoms with van der Waals surface area (Å²) in [5, 5.41) is 11.9. The molecule has 29 heavy (non-hydrogen) atoms. The molecule has 1 fully saturated rings. The smallest absolute Gasteiger partial charge is 0.136 e. The van der Waals surface area contributed by atoms with Crippen LogP contribution in [0.5, 0.6) is 0 Å². The van der Waals surface area contributed by atoms with Crippen molar-refractivity contribution >= 4 is 16.9 Å². The first-order valence-corrected chi connectivity index (χ1v) is 9.78. The van der Waals surface area contributed by atoms with Crippen LogP contribution in [0, 0.1) is 6.92 Å². The lowest BCUT2D eigenvalue weighted by Crippen LogP contribution is -2.44. The highest BCUT2D eigenvalue weighted by Gasteiger charge is 2.25. The zero-order chi connectivity index (χ0) is 20.0. The van der Waals surface area contributed by atoms with Gasteiger partial charge in [-0.25, -0.2) is 4.98 Å². The summed E-state index contributed by atoms with van der Waals surface area (Å²) in [7, 11) is 1.94. The molecule has 0 saturated carbocycles. The summed E-state index contributed by atoms with van der Waals surface area (Å²) in [5.41, 5.74) is 6.34. The standard InChI is InChI=1S/C21H23N7O/c1-13-5-4-6-16(23-13)15-11-18(28-9-10-29-12-14(28)2)24-20-19(17-7-8-22-25-17)26-27(3)21(15)20/h4-8,11,14H,9-10,12H2,1-3H3,(H,22,25). The molecule has 8 nitrogen and oxygen atoms in total. The van der Waals surface area contributed by atoms with Crippen LogP contribution in [0.2, 0.25) is 0 Å². The number of H-pyrrole nitrogens is 1. The maximum absolute atomic E-state index is 5.63. The fourth-order valence-corrected chi connectivity index (χ4v) is 3.94. The van der Waals surface area contributed by atoms with Crippen molar-refractivity contribution in [2.45, 2.75) is 19.9 Å². The number of morpholine rings is 1. The monoisotopic (exact) mass is 389 g/mol. The van der Waals surface area contributed by atoms with Crippen LogP contribution in [0.3, 0.4) is 0 Å². The largest absolute Gasteiger partial charge is 0.377 e. The maximum atomic E-state index is 5.63. The average molecular weight is 389 g/mol. The lowest BCUT2D eigenvalue weighted by Gasteiger charge is -2.34. The van der Waals surface area contributed by atoms with Crippen molar-refractivity contribution in [2.24, 2.45) is 7.05 Å². The molecule has 0 aliphatic carbocycles. The fraction of sp³-hybridized carbons (Fsp3) is 0.333. The van der Waals surface area contributed by atoms with E-state index in [1.165, 1.54) is 0 Å². The number of hydrogen-bond donors (Lipinski definition) is 1. The van der Waals surface area contributed by atoms with E-state index in [9.17, 15) is 0 Å². The summed E-state index contributed by atoms with van der Waals surface area (Å²) in [6.07, 6.45) is 1.73. The van der Waals surface area contributed by atoms with E-state index in [1.54, 1.807) is 6.20 Å². The van der Waals surface area contributed by atoms with Gasteiger partial charge in [-0.3, -0.25) is 14.8 Å². The van der Waals surface area contributed by atoms with Crippen LogP contribution >= 0.6 is 0 Å². The molecule has 1 saturated heterocycles. The Balaban J connectivity index is 1.79. The van der Waals surface area contributed by atoms with Gasteiger partial charge in [0.25, 0.3) is 0 Å². The minimum atomic E-state index is 0.249. The number of ether oxygens (including phenoxy) is 1. The Labute approximate surface area is 168 Å². The number of anilines is 1. The number of aromatic amines is 1. The molecule has 5 rings (SSSR count). The molecule has 0 bridgehead atoms.